The van der Waals surface area contributed by atoms with Crippen LogP contribution in [0.3, 0.4) is 0 Å². The average Bonchev–Trinajstić information content (AvgIpc) is 2.85. The summed E-state index contributed by atoms with van der Waals surface area (Å²) in [7, 11) is -3.16. The van der Waals surface area contributed by atoms with E-state index in [0.717, 1.165) is 5.82 Å². The highest BCUT2D eigenvalue weighted by atomic mass is 32.2. The van der Waals surface area contributed by atoms with Crippen molar-refractivity contribution in [3.63, 3.8) is 0 Å². The van der Waals surface area contributed by atoms with E-state index in [1.807, 2.05) is 6.92 Å². The van der Waals surface area contributed by atoms with Crippen molar-refractivity contribution in [3.8, 4) is 0 Å². The number of aromatic nitrogens is 4. The normalized spacial score (nSPS) is 21.5. The van der Waals surface area contributed by atoms with Gasteiger partial charge in [0, 0.05) is 38.1 Å². The molecule has 1 atom stereocenters. The maximum Gasteiger partial charge on any atom is 0.211 e. The fraction of sp³-hybridized carbons (Fsp3) is 0.545. The molecular formula is C11H16N6O2S. The highest BCUT2D eigenvalue weighted by molar-refractivity contribution is 7.88. The maximum atomic E-state index is 11.7. The molecule has 108 valence electrons. The van der Waals surface area contributed by atoms with Crippen LogP contribution in [0.15, 0.2) is 18.7 Å². The molecule has 0 saturated carbocycles. The Morgan fingerprint density at radius 2 is 2.15 bits per heavy atom. The van der Waals surface area contributed by atoms with Gasteiger partial charge in [-0.25, -0.2) is 13.4 Å². The molecule has 1 fully saturated rings. The maximum absolute atomic E-state index is 11.7. The first kappa shape index (κ1) is 13.3. The summed E-state index contributed by atoms with van der Waals surface area (Å²) in [5.74, 6) is 0.741. The van der Waals surface area contributed by atoms with Gasteiger partial charge in [-0.1, -0.05) is 0 Å². The number of rotatable bonds is 2. The second kappa shape index (κ2) is 4.67. The molecular weight excluding hydrogens is 280 g/mol. The molecule has 1 aliphatic heterocycles. The molecule has 0 aliphatic carbocycles. The lowest BCUT2D eigenvalue weighted by atomic mass is 10.2. The van der Waals surface area contributed by atoms with Crippen LogP contribution in [0.1, 0.15) is 6.92 Å². The zero-order valence-corrected chi connectivity index (χ0v) is 12.2. The molecule has 0 aromatic carbocycles. The molecule has 1 saturated heterocycles. The number of anilines is 1. The van der Waals surface area contributed by atoms with Crippen LogP contribution in [0, 0.1) is 0 Å². The Labute approximate surface area is 117 Å². The van der Waals surface area contributed by atoms with Gasteiger partial charge in [-0.05, 0) is 6.92 Å². The summed E-state index contributed by atoms with van der Waals surface area (Å²) in [4.78, 5) is 6.41. The first-order chi connectivity index (χ1) is 9.47. The van der Waals surface area contributed by atoms with Gasteiger partial charge in [0.1, 0.15) is 6.33 Å². The van der Waals surface area contributed by atoms with Gasteiger partial charge in [0.15, 0.2) is 5.82 Å². The van der Waals surface area contributed by atoms with Crippen molar-refractivity contribution in [1.82, 2.24) is 23.9 Å². The van der Waals surface area contributed by atoms with Crippen LogP contribution in [-0.4, -0.2) is 64.2 Å². The van der Waals surface area contributed by atoms with Crippen LogP contribution >= 0.6 is 0 Å². The van der Waals surface area contributed by atoms with Gasteiger partial charge in [-0.2, -0.15) is 4.31 Å². The molecule has 3 rings (SSSR count). The lowest BCUT2D eigenvalue weighted by molar-refractivity contribution is 0.308. The van der Waals surface area contributed by atoms with Gasteiger partial charge in [0.2, 0.25) is 15.7 Å². The predicted octanol–water partition coefficient (Wildman–Crippen LogP) is -0.406. The summed E-state index contributed by atoms with van der Waals surface area (Å²) in [6.45, 7) is 3.54. The molecule has 0 radical (unpaired) electrons. The largest absolute Gasteiger partial charge is 0.351 e. The van der Waals surface area contributed by atoms with Crippen molar-refractivity contribution in [3.05, 3.63) is 18.7 Å². The summed E-state index contributed by atoms with van der Waals surface area (Å²) in [6, 6.07) is -0.0938. The first-order valence-electron chi connectivity index (χ1n) is 6.33. The second-order valence-electron chi connectivity index (χ2n) is 4.98. The fourth-order valence-electron chi connectivity index (χ4n) is 2.59. The number of hydrogen-bond acceptors (Lipinski definition) is 6. The number of sulfonamides is 1. The molecule has 0 N–H and O–H groups in total. The van der Waals surface area contributed by atoms with Crippen LogP contribution in [0.5, 0.6) is 0 Å². The van der Waals surface area contributed by atoms with E-state index in [4.69, 9.17) is 0 Å². The van der Waals surface area contributed by atoms with Crippen molar-refractivity contribution in [1.29, 1.82) is 0 Å². The third-order valence-corrected chi connectivity index (χ3v) is 4.88. The van der Waals surface area contributed by atoms with E-state index < -0.39 is 10.0 Å². The summed E-state index contributed by atoms with van der Waals surface area (Å²) in [6.07, 6.45) is 6.35. The minimum atomic E-state index is -3.16. The van der Waals surface area contributed by atoms with Crippen LogP contribution in [0.2, 0.25) is 0 Å². The Morgan fingerprint density at radius 3 is 2.85 bits per heavy atom. The monoisotopic (exact) mass is 296 g/mol. The number of nitrogens with zero attached hydrogens (tertiary/aromatic N) is 6. The van der Waals surface area contributed by atoms with Gasteiger partial charge in [0.05, 0.1) is 6.26 Å². The zero-order valence-electron chi connectivity index (χ0n) is 11.3. The van der Waals surface area contributed by atoms with Gasteiger partial charge < -0.3 is 4.90 Å². The summed E-state index contributed by atoms with van der Waals surface area (Å²) in [5, 5.41) is 7.93. The molecule has 3 heterocycles. The lowest BCUT2D eigenvalue weighted by Crippen LogP contribution is -2.54. The smallest absolute Gasteiger partial charge is 0.211 e. The van der Waals surface area contributed by atoms with Gasteiger partial charge >= 0.3 is 0 Å². The Morgan fingerprint density at radius 1 is 1.35 bits per heavy atom. The number of piperazine rings is 1. The van der Waals surface area contributed by atoms with Crippen molar-refractivity contribution in [2.24, 2.45) is 0 Å². The van der Waals surface area contributed by atoms with Crippen molar-refractivity contribution in [2.45, 2.75) is 13.0 Å². The van der Waals surface area contributed by atoms with E-state index in [-0.39, 0.29) is 6.04 Å². The third kappa shape index (κ3) is 2.22. The summed E-state index contributed by atoms with van der Waals surface area (Å²) in [5.41, 5.74) is 0.688. The zero-order chi connectivity index (χ0) is 14.3. The second-order valence-corrected chi connectivity index (χ2v) is 6.92. The summed E-state index contributed by atoms with van der Waals surface area (Å²) >= 11 is 0. The van der Waals surface area contributed by atoms with Crippen LogP contribution in [0.4, 0.5) is 5.82 Å². The fourth-order valence-corrected chi connectivity index (χ4v) is 3.73. The quantitative estimate of drug-likeness (QED) is 0.749. The van der Waals surface area contributed by atoms with Crippen LogP contribution in [-0.2, 0) is 10.0 Å². The Balaban J connectivity index is 1.89. The Hall–Kier alpha value is -1.74. The molecule has 2 aromatic heterocycles. The van der Waals surface area contributed by atoms with Crippen molar-refractivity contribution >= 4 is 21.5 Å². The topological polar surface area (TPSA) is 83.7 Å². The standard InChI is InChI=1S/C11H16N6O2S/c1-9-7-15(5-6-17(9)20(2,18)19)10-11-14-13-8-16(11)4-3-12-10/h3-4,8-9H,5-7H2,1-2H3/t9-/m0/s1. The van der Waals surface area contributed by atoms with Crippen LogP contribution in [0.25, 0.3) is 5.65 Å². The van der Waals surface area contributed by atoms with E-state index >= 15 is 0 Å². The highest BCUT2D eigenvalue weighted by Crippen LogP contribution is 2.21. The molecule has 0 bridgehead atoms. The predicted molar refractivity (Wildman–Crippen MR) is 74.0 cm³/mol. The first-order valence-corrected chi connectivity index (χ1v) is 8.18. The number of hydrogen-bond donors (Lipinski definition) is 0. The van der Waals surface area contributed by atoms with E-state index in [1.165, 1.54) is 10.6 Å². The molecule has 8 nitrogen and oxygen atoms in total. The van der Waals surface area contributed by atoms with Gasteiger partial charge in [-0.15, -0.1) is 10.2 Å². The highest BCUT2D eigenvalue weighted by Gasteiger charge is 2.31. The van der Waals surface area contributed by atoms with Gasteiger partial charge in [-0.3, -0.25) is 4.40 Å². The molecule has 0 spiro atoms. The summed E-state index contributed by atoms with van der Waals surface area (Å²) < 4.78 is 26.7. The average molecular weight is 296 g/mol. The lowest BCUT2D eigenvalue weighted by Gasteiger charge is -2.38. The minimum Gasteiger partial charge on any atom is -0.351 e. The minimum absolute atomic E-state index is 0.0938. The molecule has 0 amide bonds. The molecule has 9 heteroatoms. The third-order valence-electron chi connectivity index (χ3n) is 3.49. The molecule has 20 heavy (non-hydrogen) atoms. The molecule has 0 unspecified atom stereocenters. The van der Waals surface area contributed by atoms with Crippen molar-refractivity contribution in [2.75, 3.05) is 30.8 Å². The van der Waals surface area contributed by atoms with E-state index in [2.05, 4.69) is 20.1 Å². The Bertz CT molecular complexity index is 727. The number of fused-ring (bicyclic) bond motifs is 1. The van der Waals surface area contributed by atoms with E-state index in [1.54, 1.807) is 23.1 Å². The SMILES string of the molecule is C[C@H]1CN(c2nccn3cnnc23)CCN1S(C)(=O)=O. The van der Waals surface area contributed by atoms with E-state index in [9.17, 15) is 8.42 Å². The van der Waals surface area contributed by atoms with Crippen LogP contribution < -0.4 is 4.90 Å². The molecule has 2 aromatic rings. The van der Waals surface area contributed by atoms with E-state index in [0.29, 0.717) is 25.3 Å². The van der Waals surface area contributed by atoms with Crippen molar-refractivity contribution < 1.29 is 8.42 Å². The molecule has 1 aliphatic rings. The van der Waals surface area contributed by atoms with Gasteiger partial charge in [0.25, 0.3) is 0 Å². The Kier molecular flexibility index (Phi) is 3.09.